The summed E-state index contributed by atoms with van der Waals surface area (Å²) in [5.74, 6) is 7.13. The average Bonchev–Trinajstić information content (AvgIpc) is 3.09. The van der Waals surface area contributed by atoms with Crippen molar-refractivity contribution in [2.75, 3.05) is 27.7 Å². The lowest BCUT2D eigenvalue weighted by Gasteiger charge is -2.19. The van der Waals surface area contributed by atoms with Gasteiger partial charge in [-0.15, -0.1) is 0 Å². The number of nitrogens with zero attached hydrogens (tertiary/aromatic N) is 3. The van der Waals surface area contributed by atoms with Crippen molar-refractivity contribution in [3.8, 4) is 5.75 Å². The Morgan fingerprint density at radius 3 is 2.83 bits per heavy atom. The number of ether oxygens (including phenoxy) is 1. The molecule has 1 unspecified atom stereocenters. The largest absolute Gasteiger partial charge is 0.493 e. The van der Waals surface area contributed by atoms with Crippen molar-refractivity contribution >= 4 is 0 Å². The first-order chi connectivity index (χ1) is 8.67. The number of nitrogens with one attached hydrogen (secondary N) is 1. The molecule has 0 aromatic carbocycles. The third kappa shape index (κ3) is 2.82. The Morgan fingerprint density at radius 2 is 2.33 bits per heavy atom. The van der Waals surface area contributed by atoms with Crippen LogP contribution in [0.2, 0.25) is 0 Å². The van der Waals surface area contributed by atoms with Crippen LogP contribution in [-0.2, 0) is 6.54 Å². The van der Waals surface area contributed by atoms with E-state index in [1.54, 1.807) is 13.3 Å². The first kappa shape index (κ1) is 13.3. The normalized spacial score (nSPS) is 17.2. The van der Waals surface area contributed by atoms with Gasteiger partial charge in [-0.25, -0.2) is 0 Å². The third-order valence-electron chi connectivity index (χ3n) is 3.39. The maximum absolute atomic E-state index is 5.70. The summed E-state index contributed by atoms with van der Waals surface area (Å²) in [6, 6.07) is 0.143. The molecule has 1 aliphatic carbocycles. The molecule has 3 N–H and O–H groups in total. The predicted octanol–water partition coefficient (Wildman–Crippen LogP) is 0.368. The van der Waals surface area contributed by atoms with Gasteiger partial charge in [-0.1, -0.05) is 0 Å². The number of aromatic nitrogens is 2. The molecule has 1 aliphatic rings. The van der Waals surface area contributed by atoms with Gasteiger partial charge >= 0.3 is 0 Å². The van der Waals surface area contributed by atoms with Crippen molar-refractivity contribution in [2.24, 2.45) is 11.8 Å². The van der Waals surface area contributed by atoms with E-state index in [4.69, 9.17) is 10.6 Å². The van der Waals surface area contributed by atoms with E-state index >= 15 is 0 Å². The zero-order valence-electron chi connectivity index (χ0n) is 11.4. The summed E-state index contributed by atoms with van der Waals surface area (Å²) in [6.45, 7) is 1.79. The van der Waals surface area contributed by atoms with E-state index in [0.29, 0.717) is 5.92 Å². The summed E-state index contributed by atoms with van der Waals surface area (Å²) >= 11 is 0. The second-order valence-electron chi connectivity index (χ2n) is 5.11. The highest BCUT2D eigenvalue weighted by Gasteiger charge is 2.35. The van der Waals surface area contributed by atoms with Gasteiger partial charge in [0, 0.05) is 6.54 Å². The number of hydrazine groups is 1. The molecular formula is C12H23N5O. The van der Waals surface area contributed by atoms with Gasteiger partial charge in [0.2, 0.25) is 0 Å². The fraction of sp³-hybridized carbons (Fsp3) is 0.750. The van der Waals surface area contributed by atoms with Gasteiger partial charge in [0.15, 0.2) is 5.75 Å². The van der Waals surface area contributed by atoms with E-state index in [-0.39, 0.29) is 6.04 Å². The fourth-order valence-corrected chi connectivity index (χ4v) is 2.19. The lowest BCUT2D eigenvalue weighted by molar-refractivity contribution is 0.348. The van der Waals surface area contributed by atoms with Crippen LogP contribution in [0, 0.1) is 5.92 Å². The molecule has 1 fully saturated rings. The molecule has 2 rings (SSSR count). The molecule has 0 radical (unpaired) electrons. The molecule has 0 amide bonds. The van der Waals surface area contributed by atoms with E-state index in [9.17, 15) is 0 Å². The van der Waals surface area contributed by atoms with Gasteiger partial charge in [0.05, 0.1) is 31.6 Å². The molecule has 6 nitrogen and oxygen atoms in total. The summed E-state index contributed by atoms with van der Waals surface area (Å²) in [5.41, 5.74) is 3.99. The van der Waals surface area contributed by atoms with Crippen LogP contribution < -0.4 is 16.0 Å². The number of methoxy groups -OCH3 is 1. The van der Waals surface area contributed by atoms with Crippen LogP contribution in [0.4, 0.5) is 0 Å². The van der Waals surface area contributed by atoms with E-state index in [2.05, 4.69) is 29.5 Å². The minimum absolute atomic E-state index is 0.143. The van der Waals surface area contributed by atoms with Crippen LogP contribution in [-0.4, -0.2) is 42.4 Å². The SMILES string of the molecule is COc1cnn(CCN(C)C)c1C(NN)C1CC1. The summed E-state index contributed by atoms with van der Waals surface area (Å²) in [6.07, 6.45) is 4.21. The molecule has 1 aromatic heterocycles. The lowest BCUT2D eigenvalue weighted by Crippen LogP contribution is -2.32. The Kier molecular flexibility index (Phi) is 4.21. The molecule has 102 valence electrons. The van der Waals surface area contributed by atoms with Crippen LogP contribution in [0.15, 0.2) is 6.20 Å². The van der Waals surface area contributed by atoms with Gasteiger partial charge in [-0.3, -0.25) is 16.0 Å². The Morgan fingerprint density at radius 1 is 1.61 bits per heavy atom. The van der Waals surface area contributed by atoms with E-state index in [1.165, 1.54) is 12.8 Å². The average molecular weight is 253 g/mol. The van der Waals surface area contributed by atoms with E-state index in [0.717, 1.165) is 24.5 Å². The molecule has 1 saturated carbocycles. The Hall–Kier alpha value is -1.11. The second-order valence-corrected chi connectivity index (χ2v) is 5.11. The van der Waals surface area contributed by atoms with Crippen molar-refractivity contribution in [1.29, 1.82) is 0 Å². The first-order valence-corrected chi connectivity index (χ1v) is 6.38. The fourth-order valence-electron chi connectivity index (χ4n) is 2.19. The third-order valence-corrected chi connectivity index (χ3v) is 3.39. The quantitative estimate of drug-likeness (QED) is 0.543. The van der Waals surface area contributed by atoms with Crippen molar-refractivity contribution < 1.29 is 4.74 Å². The van der Waals surface area contributed by atoms with E-state index in [1.807, 2.05) is 4.68 Å². The van der Waals surface area contributed by atoms with Gasteiger partial charge in [0.1, 0.15) is 0 Å². The van der Waals surface area contributed by atoms with Crippen LogP contribution in [0.25, 0.3) is 0 Å². The highest BCUT2D eigenvalue weighted by Crippen LogP contribution is 2.43. The lowest BCUT2D eigenvalue weighted by atomic mass is 10.1. The van der Waals surface area contributed by atoms with Gasteiger partial charge in [0.25, 0.3) is 0 Å². The van der Waals surface area contributed by atoms with Crippen molar-refractivity contribution in [2.45, 2.75) is 25.4 Å². The Bertz CT molecular complexity index is 386. The molecule has 0 bridgehead atoms. The molecule has 6 heteroatoms. The smallest absolute Gasteiger partial charge is 0.161 e. The highest BCUT2D eigenvalue weighted by atomic mass is 16.5. The molecule has 0 spiro atoms. The Balaban J connectivity index is 2.20. The standard InChI is InChI=1S/C12H23N5O/c1-16(2)6-7-17-12(10(18-3)8-14-17)11(15-13)9-4-5-9/h8-9,11,15H,4-7,13H2,1-3H3. The molecule has 1 heterocycles. The van der Waals surface area contributed by atoms with Crippen LogP contribution in [0.5, 0.6) is 5.75 Å². The minimum Gasteiger partial charge on any atom is -0.493 e. The summed E-state index contributed by atoms with van der Waals surface area (Å²) in [4.78, 5) is 2.14. The predicted molar refractivity (Wildman–Crippen MR) is 70.1 cm³/mol. The summed E-state index contributed by atoms with van der Waals surface area (Å²) in [5, 5.41) is 4.41. The molecule has 1 aromatic rings. The second kappa shape index (κ2) is 5.69. The van der Waals surface area contributed by atoms with Crippen LogP contribution in [0.3, 0.4) is 0 Å². The number of rotatable bonds is 7. The van der Waals surface area contributed by atoms with Gasteiger partial charge < -0.3 is 9.64 Å². The zero-order valence-corrected chi connectivity index (χ0v) is 11.4. The molecule has 18 heavy (non-hydrogen) atoms. The zero-order chi connectivity index (χ0) is 13.1. The maximum Gasteiger partial charge on any atom is 0.161 e. The van der Waals surface area contributed by atoms with Crippen LogP contribution in [0.1, 0.15) is 24.6 Å². The maximum atomic E-state index is 5.70. The number of likely N-dealkylation sites (N-methyl/N-ethyl adjacent to an activating group) is 1. The van der Waals surface area contributed by atoms with Crippen molar-refractivity contribution in [3.05, 3.63) is 11.9 Å². The van der Waals surface area contributed by atoms with Crippen molar-refractivity contribution in [3.63, 3.8) is 0 Å². The number of hydrogen-bond acceptors (Lipinski definition) is 5. The number of hydrogen-bond donors (Lipinski definition) is 2. The molecule has 0 aliphatic heterocycles. The number of nitrogens with two attached hydrogens (primary N) is 1. The summed E-state index contributed by atoms with van der Waals surface area (Å²) < 4.78 is 7.40. The monoisotopic (exact) mass is 253 g/mol. The Labute approximate surface area is 108 Å². The minimum atomic E-state index is 0.143. The molecule has 1 atom stereocenters. The molecular weight excluding hydrogens is 230 g/mol. The molecule has 0 saturated heterocycles. The van der Waals surface area contributed by atoms with Gasteiger partial charge in [-0.2, -0.15) is 5.10 Å². The first-order valence-electron chi connectivity index (χ1n) is 6.38. The summed E-state index contributed by atoms with van der Waals surface area (Å²) in [7, 11) is 5.79. The van der Waals surface area contributed by atoms with Crippen molar-refractivity contribution in [1.82, 2.24) is 20.1 Å². The van der Waals surface area contributed by atoms with Gasteiger partial charge in [-0.05, 0) is 32.9 Å². The van der Waals surface area contributed by atoms with E-state index < -0.39 is 0 Å². The van der Waals surface area contributed by atoms with Crippen LogP contribution >= 0.6 is 0 Å². The highest BCUT2D eigenvalue weighted by molar-refractivity contribution is 5.29. The topological polar surface area (TPSA) is 68.3 Å².